The average Bonchev–Trinajstić information content (AvgIpc) is 2.40. The number of hydrogen-bond donors (Lipinski definition) is 1. The summed E-state index contributed by atoms with van der Waals surface area (Å²) in [6, 6.07) is 10.5. The molecular weight excluding hydrogens is 224 g/mol. The van der Waals surface area contributed by atoms with Crippen LogP contribution in [0, 0.1) is 5.92 Å². The highest BCUT2D eigenvalue weighted by molar-refractivity contribution is 5.76. The molecule has 1 aromatic carbocycles. The molecule has 98 valence electrons. The zero-order valence-corrected chi connectivity index (χ0v) is 11.0. The number of primary amides is 1. The lowest BCUT2D eigenvalue weighted by atomic mass is 9.95. The number of likely N-dealkylation sites (tertiary alicyclic amines) is 1. The maximum absolute atomic E-state index is 11.3. The first-order valence-electron chi connectivity index (χ1n) is 6.73. The van der Waals surface area contributed by atoms with Crippen LogP contribution in [-0.4, -0.2) is 30.4 Å². The second-order valence-electron chi connectivity index (χ2n) is 5.31. The Morgan fingerprint density at radius 1 is 1.44 bits per heavy atom. The molecule has 0 saturated carbocycles. The van der Waals surface area contributed by atoms with Gasteiger partial charge >= 0.3 is 0 Å². The van der Waals surface area contributed by atoms with Gasteiger partial charge in [0.15, 0.2) is 0 Å². The lowest BCUT2D eigenvalue weighted by molar-refractivity contribution is -0.123. The maximum atomic E-state index is 11.3. The predicted molar refractivity (Wildman–Crippen MR) is 73.2 cm³/mol. The quantitative estimate of drug-likeness (QED) is 0.883. The van der Waals surface area contributed by atoms with E-state index in [2.05, 4.69) is 36.1 Å². The Bertz CT molecular complexity index is 391. The summed E-state index contributed by atoms with van der Waals surface area (Å²) in [5.74, 6) is 0.395. The summed E-state index contributed by atoms with van der Waals surface area (Å²) in [5.41, 5.74) is 6.77. The number of piperidine rings is 1. The van der Waals surface area contributed by atoms with Gasteiger partial charge in [-0.2, -0.15) is 0 Å². The zero-order chi connectivity index (χ0) is 13.0. The van der Waals surface area contributed by atoms with Crippen LogP contribution in [0.2, 0.25) is 0 Å². The highest BCUT2D eigenvalue weighted by Gasteiger charge is 2.24. The molecule has 0 radical (unpaired) electrons. The van der Waals surface area contributed by atoms with Crippen molar-refractivity contribution in [3.05, 3.63) is 35.9 Å². The smallest absolute Gasteiger partial charge is 0.221 e. The van der Waals surface area contributed by atoms with Gasteiger partial charge in [0.1, 0.15) is 0 Å². The van der Waals surface area contributed by atoms with E-state index < -0.39 is 0 Å². The minimum atomic E-state index is -0.146. The van der Waals surface area contributed by atoms with Gasteiger partial charge in [-0.1, -0.05) is 37.3 Å². The molecule has 2 N–H and O–H groups in total. The third-order valence-corrected chi connectivity index (χ3v) is 3.81. The Balaban J connectivity index is 1.91. The minimum absolute atomic E-state index is 0.0433. The van der Waals surface area contributed by atoms with Crippen molar-refractivity contribution in [3.63, 3.8) is 0 Å². The number of rotatable bonds is 4. The van der Waals surface area contributed by atoms with Crippen molar-refractivity contribution < 1.29 is 4.79 Å². The van der Waals surface area contributed by atoms with Crippen LogP contribution in [0.3, 0.4) is 0 Å². The van der Waals surface area contributed by atoms with E-state index in [4.69, 9.17) is 5.73 Å². The van der Waals surface area contributed by atoms with Crippen molar-refractivity contribution in [3.8, 4) is 0 Å². The lowest BCUT2D eigenvalue weighted by Crippen LogP contribution is -2.42. The van der Waals surface area contributed by atoms with Gasteiger partial charge in [0.05, 0.1) is 5.92 Å². The Morgan fingerprint density at radius 3 is 2.83 bits per heavy atom. The number of nitrogens with zero attached hydrogens (tertiary/aromatic N) is 1. The summed E-state index contributed by atoms with van der Waals surface area (Å²) in [5, 5.41) is 0. The van der Waals surface area contributed by atoms with E-state index in [0.29, 0.717) is 5.92 Å². The van der Waals surface area contributed by atoms with Crippen molar-refractivity contribution in [2.75, 3.05) is 19.6 Å². The molecule has 2 rings (SSSR count). The molecule has 0 unspecified atom stereocenters. The molecule has 0 spiro atoms. The van der Waals surface area contributed by atoms with Crippen LogP contribution < -0.4 is 5.73 Å². The van der Waals surface area contributed by atoms with E-state index in [1.807, 2.05) is 6.07 Å². The van der Waals surface area contributed by atoms with Gasteiger partial charge in [-0.15, -0.1) is 0 Å². The molecule has 0 aromatic heterocycles. The van der Waals surface area contributed by atoms with E-state index in [0.717, 1.165) is 32.5 Å². The SMILES string of the molecule is C[C@H](CN1CCC[C@@H](C(N)=O)C1)c1ccccc1. The largest absolute Gasteiger partial charge is 0.369 e. The summed E-state index contributed by atoms with van der Waals surface area (Å²) in [7, 11) is 0. The molecule has 0 aliphatic carbocycles. The van der Waals surface area contributed by atoms with Gasteiger partial charge < -0.3 is 10.6 Å². The van der Waals surface area contributed by atoms with Crippen LogP contribution in [0.25, 0.3) is 0 Å². The summed E-state index contributed by atoms with van der Waals surface area (Å²) in [6.07, 6.45) is 2.03. The highest BCUT2D eigenvalue weighted by atomic mass is 16.1. The molecule has 1 aliphatic rings. The van der Waals surface area contributed by atoms with Gasteiger partial charge in [0, 0.05) is 13.1 Å². The predicted octanol–water partition coefficient (Wildman–Crippen LogP) is 1.99. The summed E-state index contributed by atoms with van der Waals surface area (Å²) in [4.78, 5) is 13.6. The van der Waals surface area contributed by atoms with Crippen molar-refractivity contribution in [1.29, 1.82) is 0 Å². The Hall–Kier alpha value is -1.35. The van der Waals surface area contributed by atoms with E-state index in [9.17, 15) is 4.79 Å². The molecule has 3 nitrogen and oxygen atoms in total. The van der Waals surface area contributed by atoms with Gasteiger partial charge in [-0.25, -0.2) is 0 Å². The second-order valence-corrected chi connectivity index (χ2v) is 5.31. The molecular formula is C15H22N2O. The van der Waals surface area contributed by atoms with E-state index >= 15 is 0 Å². The Kier molecular flexibility index (Phi) is 4.37. The molecule has 1 heterocycles. The molecule has 1 saturated heterocycles. The molecule has 18 heavy (non-hydrogen) atoms. The third kappa shape index (κ3) is 3.33. The number of amides is 1. The van der Waals surface area contributed by atoms with Crippen molar-refractivity contribution in [1.82, 2.24) is 4.90 Å². The molecule has 2 atom stereocenters. The van der Waals surface area contributed by atoms with Crippen LogP contribution in [0.15, 0.2) is 30.3 Å². The standard InChI is InChI=1S/C15H22N2O/c1-12(13-6-3-2-4-7-13)10-17-9-5-8-14(11-17)15(16)18/h2-4,6-7,12,14H,5,8-11H2,1H3,(H2,16,18)/t12-,14-/m1/s1. The first-order valence-corrected chi connectivity index (χ1v) is 6.73. The monoisotopic (exact) mass is 246 g/mol. The number of carbonyl (C=O) groups is 1. The first-order chi connectivity index (χ1) is 8.66. The number of hydrogen-bond acceptors (Lipinski definition) is 2. The van der Waals surface area contributed by atoms with Crippen LogP contribution in [0.5, 0.6) is 0 Å². The molecule has 0 bridgehead atoms. The maximum Gasteiger partial charge on any atom is 0.221 e. The fourth-order valence-corrected chi connectivity index (χ4v) is 2.73. The summed E-state index contributed by atoms with van der Waals surface area (Å²) < 4.78 is 0. The molecule has 3 heteroatoms. The van der Waals surface area contributed by atoms with Crippen molar-refractivity contribution in [2.24, 2.45) is 11.7 Å². The van der Waals surface area contributed by atoms with Crippen LogP contribution in [0.4, 0.5) is 0 Å². The molecule has 1 amide bonds. The third-order valence-electron chi connectivity index (χ3n) is 3.81. The zero-order valence-electron chi connectivity index (χ0n) is 11.0. The van der Waals surface area contributed by atoms with Crippen LogP contribution in [0.1, 0.15) is 31.2 Å². The van der Waals surface area contributed by atoms with Crippen LogP contribution >= 0.6 is 0 Å². The first kappa shape index (κ1) is 13.1. The number of nitrogens with two attached hydrogens (primary N) is 1. The fraction of sp³-hybridized carbons (Fsp3) is 0.533. The van der Waals surface area contributed by atoms with Crippen molar-refractivity contribution >= 4 is 5.91 Å². The Morgan fingerprint density at radius 2 is 2.17 bits per heavy atom. The fourth-order valence-electron chi connectivity index (χ4n) is 2.73. The van der Waals surface area contributed by atoms with E-state index in [1.165, 1.54) is 5.56 Å². The van der Waals surface area contributed by atoms with Crippen LogP contribution in [-0.2, 0) is 4.79 Å². The number of benzene rings is 1. The highest BCUT2D eigenvalue weighted by Crippen LogP contribution is 2.21. The van der Waals surface area contributed by atoms with E-state index in [-0.39, 0.29) is 11.8 Å². The van der Waals surface area contributed by atoms with Crippen molar-refractivity contribution in [2.45, 2.75) is 25.7 Å². The Labute approximate surface area is 109 Å². The van der Waals surface area contributed by atoms with Gasteiger partial charge in [0.25, 0.3) is 0 Å². The minimum Gasteiger partial charge on any atom is -0.369 e. The normalized spacial score (nSPS) is 22.6. The number of carbonyl (C=O) groups excluding carboxylic acids is 1. The molecule has 1 fully saturated rings. The average molecular weight is 246 g/mol. The molecule has 1 aromatic rings. The summed E-state index contributed by atoms with van der Waals surface area (Å²) in [6.45, 7) is 5.16. The van der Waals surface area contributed by atoms with Gasteiger partial charge in [-0.3, -0.25) is 4.79 Å². The van der Waals surface area contributed by atoms with E-state index in [1.54, 1.807) is 0 Å². The topological polar surface area (TPSA) is 46.3 Å². The summed E-state index contributed by atoms with van der Waals surface area (Å²) >= 11 is 0. The molecule has 1 aliphatic heterocycles. The van der Waals surface area contributed by atoms with Gasteiger partial charge in [-0.05, 0) is 30.9 Å². The second kappa shape index (κ2) is 6.01. The van der Waals surface area contributed by atoms with Gasteiger partial charge in [0.2, 0.25) is 5.91 Å². The lowest BCUT2D eigenvalue weighted by Gasteiger charge is -2.33.